The number of pyridine rings is 2. The first-order valence-electron chi connectivity index (χ1n) is 11.2. The van der Waals surface area contributed by atoms with E-state index in [4.69, 9.17) is 22.1 Å². The summed E-state index contributed by atoms with van der Waals surface area (Å²) in [6.07, 6.45) is 5.78. The highest BCUT2D eigenvalue weighted by atomic mass is 35.5. The number of rotatable bonds is 5. The molecule has 1 aliphatic rings. The van der Waals surface area contributed by atoms with Crippen molar-refractivity contribution >= 4 is 39.7 Å². The summed E-state index contributed by atoms with van der Waals surface area (Å²) in [6.45, 7) is 1.82. The molecule has 0 bridgehead atoms. The number of methoxy groups -OCH3 is 1. The van der Waals surface area contributed by atoms with Crippen LogP contribution in [-0.2, 0) is 0 Å². The molecular weight excluding hydrogens is 450 g/mol. The summed E-state index contributed by atoms with van der Waals surface area (Å²) in [6, 6.07) is 15.7. The Kier molecular flexibility index (Phi) is 6.13. The summed E-state index contributed by atoms with van der Waals surface area (Å²) >= 11 is 6.21. The number of halogens is 1. The topological polar surface area (TPSA) is 96.5 Å². The number of hydrogen-bond donors (Lipinski definition) is 3. The molecule has 34 heavy (non-hydrogen) atoms. The number of nitrogens with one attached hydrogen (secondary N) is 1. The lowest BCUT2D eigenvalue weighted by Crippen LogP contribution is -2.43. The first-order valence-corrected chi connectivity index (χ1v) is 11.6. The Hall–Kier alpha value is -3.55. The van der Waals surface area contributed by atoms with E-state index < -0.39 is 0 Å². The fraction of sp³-hybridized carbons (Fsp3) is 0.231. The van der Waals surface area contributed by atoms with Crippen LogP contribution in [0.1, 0.15) is 12.8 Å². The molecule has 1 atom stereocenters. The minimum atomic E-state index is -0.0692. The molecule has 7 nitrogen and oxygen atoms in total. The molecule has 4 aromatic rings. The third-order valence-corrected chi connectivity index (χ3v) is 6.42. The van der Waals surface area contributed by atoms with Gasteiger partial charge in [0.25, 0.3) is 0 Å². The number of anilines is 3. The molecule has 1 aliphatic heterocycles. The van der Waals surface area contributed by atoms with Crippen LogP contribution in [-0.4, -0.2) is 41.3 Å². The van der Waals surface area contributed by atoms with E-state index in [1.807, 2.05) is 42.6 Å². The van der Waals surface area contributed by atoms with E-state index >= 15 is 0 Å². The van der Waals surface area contributed by atoms with Crippen molar-refractivity contribution in [1.82, 2.24) is 9.97 Å². The summed E-state index contributed by atoms with van der Waals surface area (Å²) in [5, 5.41) is 14.7. The molecule has 0 aliphatic carbocycles. The molecular formula is C26H26ClN5O2. The number of nitrogens with zero attached hydrogens (tertiary/aromatic N) is 3. The van der Waals surface area contributed by atoms with Crippen molar-refractivity contribution < 1.29 is 9.84 Å². The lowest BCUT2D eigenvalue weighted by Gasteiger charge is -2.31. The molecule has 1 saturated heterocycles. The minimum Gasteiger partial charge on any atom is -0.503 e. The largest absolute Gasteiger partial charge is 0.503 e. The number of fused-ring (bicyclic) bond motifs is 1. The molecule has 3 heterocycles. The van der Waals surface area contributed by atoms with Gasteiger partial charge in [0, 0.05) is 36.4 Å². The molecule has 174 valence electrons. The molecule has 0 radical (unpaired) electrons. The average Bonchev–Trinajstić information content (AvgIpc) is 2.86. The van der Waals surface area contributed by atoms with Crippen LogP contribution < -0.4 is 20.7 Å². The predicted octanol–water partition coefficient (Wildman–Crippen LogP) is 5.34. The molecule has 0 unspecified atom stereocenters. The lowest BCUT2D eigenvalue weighted by atomic mass is 10.0. The summed E-state index contributed by atoms with van der Waals surface area (Å²) in [7, 11) is 1.50. The first-order chi connectivity index (χ1) is 16.5. The Bertz CT molecular complexity index is 1330. The van der Waals surface area contributed by atoms with Crippen LogP contribution >= 0.6 is 11.6 Å². The standard InChI is InChI=1S/C26H26ClN5O2/c1-34-24-13-17(12-21(27)26(24)33)16-4-6-22-20(11-16)23(8-9-29-22)31-19-5-7-25(30-14-19)32-10-2-3-18(28)15-32/h4-9,11-14,18,33H,2-3,10,15,28H2,1H3,(H,29,31)/t18-/m0/s1. The number of aromatic hydroxyl groups is 1. The quantitative estimate of drug-likeness (QED) is 0.358. The highest BCUT2D eigenvalue weighted by Gasteiger charge is 2.18. The predicted molar refractivity (Wildman–Crippen MR) is 137 cm³/mol. The van der Waals surface area contributed by atoms with Gasteiger partial charge in [-0.1, -0.05) is 17.7 Å². The summed E-state index contributed by atoms with van der Waals surface area (Å²) in [5.74, 6) is 1.20. The number of benzene rings is 2. The Morgan fingerprint density at radius 1 is 1.12 bits per heavy atom. The van der Waals surface area contributed by atoms with Crippen LogP contribution in [0.25, 0.3) is 22.0 Å². The van der Waals surface area contributed by atoms with Gasteiger partial charge in [-0.05, 0) is 66.4 Å². The van der Waals surface area contributed by atoms with Gasteiger partial charge in [0.2, 0.25) is 0 Å². The zero-order valence-corrected chi connectivity index (χ0v) is 19.6. The maximum Gasteiger partial charge on any atom is 0.176 e. The van der Waals surface area contributed by atoms with Gasteiger partial charge < -0.3 is 25.8 Å². The van der Waals surface area contributed by atoms with E-state index in [9.17, 15) is 5.11 Å². The van der Waals surface area contributed by atoms with Gasteiger partial charge in [-0.15, -0.1) is 0 Å². The molecule has 2 aromatic heterocycles. The molecule has 0 amide bonds. The van der Waals surface area contributed by atoms with Crippen LogP contribution in [0.3, 0.4) is 0 Å². The second kappa shape index (κ2) is 9.37. The van der Waals surface area contributed by atoms with Crippen molar-refractivity contribution in [3.63, 3.8) is 0 Å². The summed E-state index contributed by atoms with van der Waals surface area (Å²) in [5.41, 5.74) is 10.5. The number of hydrogen-bond acceptors (Lipinski definition) is 7. The fourth-order valence-electron chi connectivity index (χ4n) is 4.35. The number of nitrogens with two attached hydrogens (primary N) is 1. The molecule has 8 heteroatoms. The SMILES string of the molecule is COc1cc(-c2ccc3nccc(Nc4ccc(N5CCC[C@H](N)C5)nc4)c3c2)cc(Cl)c1O. The monoisotopic (exact) mass is 475 g/mol. The normalized spacial score (nSPS) is 16.0. The Morgan fingerprint density at radius 2 is 2.00 bits per heavy atom. The second-order valence-electron chi connectivity index (χ2n) is 8.48. The van der Waals surface area contributed by atoms with Gasteiger partial charge in [-0.25, -0.2) is 4.98 Å². The van der Waals surface area contributed by atoms with Crippen molar-refractivity contribution in [3.05, 3.63) is 65.9 Å². The van der Waals surface area contributed by atoms with Gasteiger partial charge >= 0.3 is 0 Å². The van der Waals surface area contributed by atoms with Gasteiger partial charge in [-0.3, -0.25) is 4.98 Å². The second-order valence-corrected chi connectivity index (χ2v) is 8.88. The van der Waals surface area contributed by atoms with Crippen LogP contribution in [0, 0.1) is 0 Å². The highest BCUT2D eigenvalue weighted by molar-refractivity contribution is 6.32. The molecule has 1 fully saturated rings. The number of ether oxygens (including phenoxy) is 1. The Labute approximate surface area is 203 Å². The van der Waals surface area contributed by atoms with Crippen molar-refractivity contribution in [2.24, 2.45) is 5.73 Å². The molecule has 4 N–H and O–H groups in total. The van der Waals surface area contributed by atoms with E-state index in [2.05, 4.69) is 20.2 Å². The summed E-state index contributed by atoms with van der Waals surface area (Å²) in [4.78, 5) is 11.4. The van der Waals surface area contributed by atoms with E-state index in [0.717, 1.165) is 65.2 Å². The summed E-state index contributed by atoms with van der Waals surface area (Å²) < 4.78 is 5.26. The molecule has 2 aromatic carbocycles. The highest BCUT2D eigenvalue weighted by Crippen LogP contribution is 2.39. The first kappa shape index (κ1) is 22.3. The average molecular weight is 476 g/mol. The zero-order chi connectivity index (χ0) is 23.7. The number of aromatic nitrogens is 2. The van der Waals surface area contributed by atoms with Crippen molar-refractivity contribution in [3.8, 4) is 22.6 Å². The Balaban J connectivity index is 1.45. The van der Waals surface area contributed by atoms with Crippen LogP contribution in [0.5, 0.6) is 11.5 Å². The maximum atomic E-state index is 10.1. The van der Waals surface area contributed by atoms with Gasteiger partial charge in [0.15, 0.2) is 11.5 Å². The van der Waals surface area contributed by atoms with Crippen molar-refractivity contribution in [1.29, 1.82) is 0 Å². The van der Waals surface area contributed by atoms with E-state index in [1.54, 1.807) is 18.3 Å². The van der Waals surface area contributed by atoms with E-state index in [0.29, 0.717) is 5.75 Å². The molecule has 5 rings (SSSR count). The van der Waals surface area contributed by atoms with Gasteiger partial charge in [0.1, 0.15) is 5.82 Å². The minimum absolute atomic E-state index is 0.0692. The van der Waals surface area contributed by atoms with Gasteiger partial charge in [0.05, 0.1) is 29.5 Å². The van der Waals surface area contributed by atoms with Crippen molar-refractivity contribution in [2.75, 3.05) is 30.4 Å². The zero-order valence-electron chi connectivity index (χ0n) is 18.8. The smallest absolute Gasteiger partial charge is 0.176 e. The van der Waals surface area contributed by atoms with Gasteiger partial charge in [-0.2, -0.15) is 0 Å². The number of phenols is 1. The van der Waals surface area contributed by atoms with Crippen LogP contribution in [0.15, 0.2) is 60.9 Å². The van der Waals surface area contributed by atoms with E-state index in [1.165, 1.54) is 7.11 Å². The maximum absolute atomic E-state index is 10.1. The molecule has 0 saturated carbocycles. The lowest BCUT2D eigenvalue weighted by molar-refractivity contribution is 0.374. The van der Waals surface area contributed by atoms with E-state index in [-0.39, 0.29) is 16.8 Å². The number of phenolic OH excluding ortho intramolecular Hbond substituents is 1. The molecule has 0 spiro atoms. The Morgan fingerprint density at radius 3 is 2.76 bits per heavy atom. The number of piperidine rings is 1. The fourth-order valence-corrected chi connectivity index (χ4v) is 4.56. The van der Waals surface area contributed by atoms with Crippen LogP contribution in [0.4, 0.5) is 17.2 Å². The van der Waals surface area contributed by atoms with Crippen LogP contribution in [0.2, 0.25) is 5.02 Å². The third-order valence-electron chi connectivity index (χ3n) is 6.13. The third kappa shape index (κ3) is 4.44. The van der Waals surface area contributed by atoms with Crippen molar-refractivity contribution in [2.45, 2.75) is 18.9 Å².